The van der Waals surface area contributed by atoms with Gasteiger partial charge in [0.2, 0.25) is 0 Å². The molecule has 5 heteroatoms. The molecule has 1 amide bonds. The Labute approximate surface area is 125 Å². The summed E-state index contributed by atoms with van der Waals surface area (Å²) in [5.74, 6) is 0.114. The largest absolute Gasteiger partial charge is 0.493 e. The molecule has 5 nitrogen and oxygen atoms in total. The second kappa shape index (κ2) is 9.00. The molecule has 0 saturated heterocycles. The lowest BCUT2D eigenvalue weighted by atomic mass is 10.2. The third-order valence-electron chi connectivity index (χ3n) is 3.07. The topological polar surface area (TPSA) is 55.8 Å². The predicted octanol–water partition coefficient (Wildman–Crippen LogP) is 2.18. The Morgan fingerprint density at radius 1 is 1.10 bits per heavy atom. The van der Waals surface area contributed by atoms with Crippen molar-refractivity contribution in [1.29, 1.82) is 0 Å². The number of aryl methyl sites for hydroxylation is 1. The Bertz CT molecular complexity index is 452. The van der Waals surface area contributed by atoms with Crippen molar-refractivity contribution in [2.75, 3.05) is 26.3 Å². The molecule has 21 heavy (non-hydrogen) atoms. The van der Waals surface area contributed by atoms with Crippen molar-refractivity contribution >= 4 is 11.9 Å². The number of ether oxygens (including phenoxy) is 2. The van der Waals surface area contributed by atoms with Crippen LogP contribution in [0.5, 0.6) is 5.75 Å². The Morgan fingerprint density at radius 2 is 1.71 bits per heavy atom. The fourth-order valence-electron chi connectivity index (χ4n) is 1.77. The molecule has 0 N–H and O–H groups in total. The second-order valence-corrected chi connectivity index (χ2v) is 4.64. The van der Waals surface area contributed by atoms with Crippen LogP contribution in [0.4, 0.5) is 0 Å². The summed E-state index contributed by atoms with van der Waals surface area (Å²) in [6, 6.07) is 7.59. The highest BCUT2D eigenvalue weighted by Gasteiger charge is 2.12. The van der Waals surface area contributed by atoms with Crippen LogP contribution in [0.25, 0.3) is 0 Å². The number of likely N-dealkylation sites (N-methyl/N-ethyl adjacent to an activating group) is 1. The molecule has 0 radical (unpaired) electrons. The van der Waals surface area contributed by atoms with Crippen LogP contribution in [0.1, 0.15) is 25.8 Å². The summed E-state index contributed by atoms with van der Waals surface area (Å²) < 4.78 is 10.4. The van der Waals surface area contributed by atoms with Crippen LogP contribution in [0.2, 0.25) is 0 Å². The summed E-state index contributed by atoms with van der Waals surface area (Å²) >= 11 is 0. The molecule has 0 unspecified atom stereocenters. The van der Waals surface area contributed by atoms with Gasteiger partial charge in [-0.15, -0.1) is 0 Å². The molecule has 0 bridgehead atoms. The molecule has 0 spiro atoms. The van der Waals surface area contributed by atoms with E-state index in [4.69, 9.17) is 9.47 Å². The Hall–Kier alpha value is -2.04. The third kappa shape index (κ3) is 6.29. The molecular formula is C16H23NO4. The second-order valence-electron chi connectivity index (χ2n) is 4.64. The van der Waals surface area contributed by atoms with Gasteiger partial charge < -0.3 is 14.4 Å². The first-order chi connectivity index (χ1) is 10.1. The predicted molar refractivity (Wildman–Crippen MR) is 80.2 cm³/mol. The molecule has 0 fully saturated rings. The van der Waals surface area contributed by atoms with Crippen LogP contribution >= 0.6 is 0 Å². The maximum Gasteiger partial charge on any atom is 0.309 e. The van der Waals surface area contributed by atoms with Crippen molar-refractivity contribution in [2.24, 2.45) is 0 Å². The van der Waals surface area contributed by atoms with E-state index in [1.165, 1.54) is 0 Å². The van der Waals surface area contributed by atoms with E-state index in [-0.39, 0.29) is 25.5 Å². The number of nitrogens with zero attached hydrogens (tertiary/aromatic N) is 1. The fourth-order valence-corrected chi connectivity index (χ4v) is 1.77. The van der Waals surface area contributed by atoms with Crippen LogP contribution in [-0.4, -0.2) is 43.1 Å². The third-order valence-corrected chi connectivity index (χ3v) is 3.07. The fraction of sp³-hybridized carbons (Fsp3) is 0.500. The summed E-state index contributed by atoms with van der Waals surface area (Å²) in [7, 11) is 0. The van der Waals surface area contributed by atoms with Gasteiger partial charge in [-0.05, 0) is 32.9 Å². The van der Waals surface area contributed by atoms with Gasteiger partial charge in [0, 0.05) is 13.1 Å². The van der Waals surface area contributed by atoms with Gasteiger partial charge in [-0.25, -0.2) is 0 Å². The number of esters is 1. The summed E-state index contributed by atoms with van der Waals surface area (Å²) in [6.07, 6.45) is 0.124. The average Bonchev–Trinajstić information content (AvgIpc) is 2.48. The van der Waals surface area contributed by atoms with Crippen LogP contribution in [-0.2, 0) is 14.3 Å². The lowest BCUT2D eigenvalue weighted by Gasteiger charge is -2.18. The van der Waals surface area contributed by atoms with E-state index in [0.29, 0.717) is 18.8 Å². The van der Waals surface area contributed by atoms with Crippen molar-refractivity contribution in [1.82, 2.24) is 4.90 Å². The van der Waals surface area contributed by atoms with E-state index in [0.717, 1.165) is 5.56 Å². The molecule has 1 rings (SSSR count). The van der Waals surface area contributed by atoms with Gasteiger partial charge in [-0.3, -0.25) is 9.59 Å². The minimum Gasteiger partial charge on any atom is -0.493 e. The lowest BCUT2D eigenvalue weighted by Crippen LogP contribution is -2.34. The van der Waals surface area contributed by atoms with E-state index < -0.39 is 5.97 Å². The van der Waals surface area contributed by atoms with Crippen LogP contribution < -0.4 is 4.74 Å². The normalized spacial score (nSPS) is 10.0. The SMILES string of the molecule is CCN(CC)C(=O)COC(=O)CCOc1ccc(C)cc1. The van der Waals surface area contributed by atoms with Crippen LogP contribution in [0, 0.1) is 6.92 Å². The number of benzene rings is 1. The molecular weight excluding hydrogens is 270 g/mol. The summed E-state index contributed by atoms with van der Waals surface area (Å²) in [4.78, 5) is 24.8. The number of rotatable bonds is 8. The van der Waals surface area contributed by atoms with Crippen molar-refractivity contribution in [3.63, 3.8) is 0 Å². The van der Waals surface area contributed by atoms with Crippen molar-refractivity contribution in [3.8, 4) is 5.75 Å². The van der Waals surface area contributed by atoms with E-state index in [1.54, 1.807) is 4.90 Å². The van der Waals surface area contributed by atoms with Gasteiger partial charge in [-0.2, -0.15) is 0 Å². The highest BCUT2D eigenvalue weighted by atomic mass is 16.5. The molecule has 0 heterocycles. The molecule has 1 aromatic carbocycles. The maximum atomic E-state index is 11.7. The minimum absolute atomic E-state index is 0.124. The molecule has 0 aliphatic heterocycles. The van der Waals surface area contributed by atoms with E-state index >= 15 is 0 Å². The van der Waals surface area contributed by atoms with E-state index in [9.17, 15) is 9.59 Å². The highest BCUT2D eigenvalue weighted by Crippen LogP contribution is 2.11. The maximum absolute atomic E-state index is 11.7. The summed E-state index contributed by atoms with van der Waals surface area (Å²) in [6.45, 7) is 7.03. The molecule has 0 aromatic heterocycles. The lowest BCUT2D eigenvalue weighted by molar-refractivity contribution is -0.152. The number of amides is 1. The number of hydrogen-bond acceptors (Lipinski definition) is 4. The first kappa shape index (κ1) is 17.0. The van der Waals surface area contributed by atoms with Gasteiger partial charge in [-0.1, -0.05) is 17.7 Å². The minimum atomic E-state index is -0.428. The van der Waals surface area contributed by atoms with Gasteiger partial charge in [0.05, 0.1) is 13.0 Å². The average molecular weight is 293 g/mol. The molecule has 0 aliphatic carbocycles. The molecule has 0 saturated carbocycles. The van der Waals surface area contributed by atoms with Gasteiger partial charge in [0.1, 0.15) is 5.75 Å². The van der Waals surface area contributed by atoms with Gasteiger partial charge >= 0.3 is 5.97 Å². The number of carbonyl (C=O) groups is 2. The van der Waals surface area contributed by atoms with Crippen LogP contribution in [0.3, 0.4) is 0 Å². The Kier molecular flexibility index (Phi) is 7.29. The van der Waals surface area contributed by atoms with E-state index in [1.807, 2.05) is 45.0 Å². The first-order valence-corrected chi connectivity index (χ1v) is 7.19. The number of carbonyl (C=O) groups excluding carboxylic acids is 2. The Morgan fingerprint density at radius 3 is 2.29 bits per heavy atom. The number of hydrogen-bond donors (Lipinski definition) is 0. The zero-order valence-corrected chi connectivity index (χ0v) is 12.9. The van der Waals surface area contributed by atoms with Gasteiger partial charge in [0.25, 0.3) is 5.91 Å². The molecule has 116 valence electrons. The van der Waals surface area contributed by atoms with Crippen molar-refractivity contribution in [2.45, 2.75) is 27.2 Å². The van der Waals surface area contributed by atoms with Crippen molar-refractivity contribution in [3.05, 3.63) is 29.8 Å². The molecule has 0 aliphatic rings. The zero-order chi connectivity index (χ0) is 15.7. The van der Waals surface area contributed by atoms with Crippen LogP contribution in [0.15, 0.2) is 24.3 Å². The highest BCUT2D eigenvalue weighted by molar-refractivity contribution is 5.80. The van der Waals surface area contributed by atoms with Gasteiger partial charge in [0.15, 0.2) is 6.61 Å². The summed E-state index contributed by atoms with van der Waals surface area (Å²) in [5, 5.41) is 0. The standard InChI is InChI=1S/C16H23NO4/c1-4-17(5-2)15(18)12-21-16(19)10-11-20-14-8-6-13(3)7-9-14/h6-9H,4-5,10-12H2,1-3H3. The summed E-state index contributed by atoms with van der Waals surface area (Å²) in [5.41, 5.74) is 1.15. The van der Waals surface area contributed by atoms with E-state index in [2.05, 4.69) is 0 Å². The monoisotopic (exact) mass is 293 g/mol. The quantitative estimate of drug-likeness (QED) is 0.689. The smallest absolute Gasteiger partial charge is 0.309 e. The van der Waals surface area contributed by atoms with Crippen molar-refractivity contribution < 1.29 is 19.1 Å². The molecule has 1 aromatic rings. The zero-order valence-electron chi connectivity index (χ0n) is 12.9. The first-order valence-electron chi connectivity index (χ1n) is 7.19. The molecule has 0 atom stereocenters. The Balaban J connectivity index is 2.22.